The van der Waals surface area contributed by atoms with Gasteiger partial charge >= 0.3 is 0 Å². The molecule has 5 nitrogen and oxygen atoms in total. The molecule has 1 saturated carbocycles. The average Bonchev–Trinajstić information content (AvgIpc) is 3.30. The highest BCUT2D eigenvalue weighted by Crippen LogP contribution is 2.35. The first kappa shape index (κ1) is 18.9. The standard InChI is InChI=1S/C20H20F2N2O3S/c21-15-5-8-19(17(22)12-15)28(26,27)23-16-6-7-18-14(11-16)9-10-24(18)20(25)13-3-1-2-4-13/h5-8,11-13,23H,1-4,9-10H2. The minimum atomic E-state index is -4.19. The van der Waals surface area contributed by atoms with E-state index in [4.69, 9.17) is 0 Å². The van der Waals surface area contributed by atoms with Gasteiger partial charge < -0.3 is 4.90 Å². The van der Waals surface area contributed by atoms with Crippen LogP contribution >= 0.6 is 0 Å². The van der Waals surface area contributed by atoms with E-state index in [-0.39, 0.29) is 17.5 Å². The molecule has 1 fully saturated rings. The summed E-state index contributed by atoms with van der Waals surface area (Å²) in [5.41, 5.74) is 1.94. The molecule has 1 N–H and O–H groups in total. The number of amides is 1. The molecule has 148 valence electrons. The lowest BCUT2D eigenvalue weighted by Crippen LogP contribution is -2.33. The highest BCUT2D eigenvalue weighted by Gasteiger charge is 2.32. The fraction of sp³-hybridized carbons (Fsp3) is 0.350. The van der Waals surface area contributed by atoms with Crippen molar-refractivity contribution in [2.75, 3.05) is 16.2 Å². The zero-order chi connectivity index (χ0) is 19.9. The van der Waals surface area contributed by atoms with E-state index in [0.29, 0.717) is 19.0 Å². The molecule has 8 heteroatoms. The Morgan fingerprint density at radius 3 is 2.54 bits per heavy atom. The molecule has 0 spiro atoms. The summed E-state index contributed by atoms with van der Waals surface area (Å²) in [6, 6.07) is 7.25. The molecule has 0 atom stereocenters. The van der Waals surface area contributed by atoms with Gasteiger partial charge in [0.05, 0.1) is 0 Å². The van der Waals surface area contributed by atoms with Crippen molar-refractivity contribution in [3.63, 3.8) is 0 Å². The number of hydrogen-bond donors (Lipinski definition) is 1. The van der Waals surface area contributed by atoms with Gasteiger partial charge in [0.25, 0.3) is 10.0 Å². The van der Waals surface area contributed by atoms with Gasteiger partial charge in [-0.15, -0.1) is 0 Å². The van der Waals surface area contributed by atoms with Gasteiger partial charge in [0, 0.05) is 29.9 Å². The van der Waals surface area contributed by atoms with Crippen molar-refractivity contribution >= 4 is 27.3 Å². The maximum atomic E-state index is 13.9. The third-order valence-corrected chi connectivity index (χ3v) is 6.80. The smallest absolute Gasteiger partial charge is 0.264 e. The Hall–Kier alpha value is -2.48. The second-order valence-corrected chi connectivity index (χ2v) is 8.90. The summed E-state index contributed by atoms with van der Waals surface area (Å²) in [5.74, 6) is -1.79. The monoisotopic (exact) mass is 406 g/mol. The van der Waals surface area contributed by atoms with Gasteiger partial charge in [-0.3, -0.25) is 9.52 Å². The summed E-state index contributed by atoms with van der Waals surface area (Å²) in [6.07, 6.45) is 4.64. The van der Waals surface area contributed by atoms with Crippen LogP contribution in [0, 0.1) is 17.6 Å². The molecular formula is C20H20F2N2O3S. The number of fused-ring (bicyclic) bond motifs is 1. The molecule has 1 aliphatic carbocycles. The van der Waals surface area contributed by atoms with Crippen LogP contribution in [-0.2, 0) is 21.2 Å². The minimum absolute atomic E-state index is 0.0746. The molecule has 1 aliphatic heterocycles. The van der Waals surface area contributed by atoms with Crippen molar-refractivity contribution in [1.29, 1.82) is 0 Å². The average molecular weight is 406 g/mol. The number of nitrogens with zero attached hydrogens (tertiary/aromatic N) is 1. The molecule has 1 amide bonds. The summed E-state index contributed by atoms with van der Waals surface area (Å²) < 4.78 is 54.1. The van der Waals surface area contributed by atoms with Crippen molar-refractivity contribution in [1.82, 2.24) is 0 Å². The maximum absolute atomic E-state index is 13.9. The number of sulfonamides is 1. The summed E-state index contributed by atoms with van der Waals surface area (Å²) >= 11 is 0. The first-order valence-electron chi connectivity index (χ1n) is 9.27. The second kappa shape index (κ2) is 7.16. The van der Waals surface area contributed by atoms with Gasteiger partial charge in [-0.1, -0.05) is 12.8 Å². The van der Waals surface area contributed by atoms with E-state index >= 15 is 0 Å². The van der Waals surface area contributed by atoms with E-state index in [1.807, 2.05) is 0 Å². The van der Waals surface area contributed by atoms with E-state index in [0.717, 1.165) is 49.1 Å². The largest absolute Gasteiger partial charge is 0.312 e. The van der Waals surface area contributed by atoms with Crippen LogP contribution in [0.25, 0.3) is 0 Å². The highest BCUT2D eigenvalue weighted by molar-refractivity contribution is 7.92. The van der Waals surface area contributed by atoms with Crippen LogP contribution in [0.3, 0.4) is 0 Å². The van der Waals surface area contributed by atoms with Gasteiger partial charge in [-0.05, 0) is 55.2 Å². The summed E-state index contributed by atoms with van der Waals surface area (Å²) in [7, 11) is -4.19. The van der Waals surface area contributed by atoms with Crippen molar-refractivity contribution in [3.8, 4) is 0 Å². The molecule has 2 aliphatic rings. The van der Waals surface area contributed by atoms with Gasteiger partial charge in [0.1, 0.15) is 16.5 Å². The molecule has 4 rings (SSSR count). The van der Waals surface area contributed by atoms with Gasteiger partial charge in [0.2, 0.25) is 5.91 Å². The number of rotatable bonds is 4. The van der Waals surface area contributed by atoms with E-state index in [1.165, 1.54) is 0 Å². The predicted molar refractivity (Wildman–Crippen MR) is 102 cm³/mol. The minimum Gasteiger partial charge on any atom is -0.312 e. The van der Waals surface area contributed by atoms with E-state index in [1.54, 1.807) is 23.1 Å². The molecular weight excluding hydrogens is 386 g/mol. The molecule has 28 heavy (non-hydrogen) atoms. The number of nitrogens with one attached hydrogen (secondary N) is 1. The van der Waals surface area contributed by atoms with Crippen molar-refractivity contribution in [2.45, 2.75) is 37.0 Å². The molecule has 0 radical (unpaired) electrons. The molecule has 0 aromatic heterocycles. The molecule has 0 unspecified atom stereocenters. The topological polar surface area (TPSA) is 66.5 Å². The number of carbonyl (C=O) groups excluding carboxylic acids is 1. The first-order valence-corrected chi connectivity index (χ1v) is 10.8. The Labute approximate surface area is 162 Å². The van der Waals surface area contributed by atoms with Crippen LogP contribution in [-0.4, -0.2) is 20.9 Å². The number of benzene rings is 2. The molecule has 1 heterocycles. The van der Waals surface area contributed by atoms with Gasteiger partial charge in [-0.2, -0.15) is 0 Å². The number of hydrogen-bond acceptors (Lipinski definition) is 3. The Balaban J connectivity index is 1.56. The molecule has 0 saturated heterocycles. The van der Waals surface area contributed by atoms with E-state index < -0.39 is 26.6 Å². The lowest BCUT2D eigenvalue weighted by Gasteiger charge is -2.21. The van der Waals surface area contributed by atoms with Crippen molar-refractivity contribution in [2.24, 2.45) is 5.92 Å². The first-order chi connectivity index (χ1) is 13.3. The zero-order valence-corrected chi connectivity index (χ0v) is 15.9. The number of halogens is 2. The quantitative estimate of drug-likeness (QED) is 0.839. The van der Waals surface area contributed by atoms with Crippen molar-refractivity contribution in [3.05, 3.63) is 53.6 Å². The lowest BCUT2D eigenvalue weighted by atomic mass is 10.1. The SMILES string of the molecule is O=C(C1CCCC1)N1CCc2cc(NS(=O)(=O)c3ccc(F)cc3F)ccc21. The second-order valence-electron chi connectivity index (χ2n) is 7.24. The number of anilines is 2. The van der Waals surface area contributed by atoms with Crippen LogP contribution < -0.4 is 9.62 Å². The van der Waals surface area contributed by atoms with Gasteiger partial charge in [-0.25, -0.2) is 17.2 Å². The van der Waals surface area contributed by atoms with E-state index in [2.05, 4.69) is 4.72 Å². The fourth-order valence-corrected chi connectivity index (χ4v) is 5.10. The molecule has 0 bridgehead atoms. The predicted octanol–water partition coefficient (Wildman–Crippen LogP) is 3.84. The van der Waals surface area contributed by atoms with Crippen LogP contribution in [0.2, 0.25) is 0 Å². The summed E-state index contributed by atoms with van der Waals surface area (Å²) in [5, 5.41) is 0. The summed E-state index contributed by atoms with van der Waals surface area (Å²) in [4.78, 5) is 13.9. The van der Waals surface area contributed by atoms with Gasteiger partial charge in [0.15, 0.2) is 0 Å². The highest BCUT2D eigenvalue weighted by atomic mass is 32.2. The Morgan fingerprint density at radius 1 is 1.07 bits per heavy atom. The number of carbonyl (C=O) groups is 1. The fourth-order valence-electron chi connectivity index (χ4n) is 3.99. The third-order valence-electron chi connectivity index (χ3n) is 5.38. The van der Waals surface area contributed by atoms with Crippen LogP contribution in [0.4, 0.5) is 20.2 Å². The summed E-state index contributed by atoms with van der Waals surface area (Å²) in [6.45, 7) is 0.577. The normalized spacial score (nSPS) is 17.0. The Kier molecular flexibility index (Phi) is 4.82. The van der Waals surface area contributed by atoms with Crippen LogP contribution in [0.1, 0.15) is 31.2 Å². The van der Waals surface area contributed by atoms with Crippen molar-refractivity contribution < 1.29 is 22.0 Å². The third kappa shape index (κ3) is 3.48. The van der Waals surface area contributed by atoms with Crippen LogP contribution in [0.15, 0.2) is 41.3 Å². The van der Waals surface area contributed by atoms with E-state index in [9.17, 15) is 22.0 Å². The zero-order valence-electron chi connectivity index (χ0n) is 15.1. The Bertz CT molecular complexity index is 1030. The maximum Gasteiger partial charge on any atom is 0.264 e. The Morgan fingerprint density at radius 2 is 1.82 bits per heavy atom. The lowest BCUT2D eigenvalue weighted by molar-refractivity contribution is -0.122. The molecule has 2 aromatic rings. The molecule has 2 aromatic carbocycles. The van der Waals surface area contributed by atoms with Crippen LogP contribution in [0.5, 0.6) is 0 Å².